The lowest BCUT2D eigenvalue weighted by atomic mass is 10.2. The van der Waals surface area contributed by atoms with Gasteiger partial charge in [0, 0.05) is 25.0 Å². The van der Waals surface area contributed by atoms with Crippen LogP contribution in [0.15, 0.2) is 41.8 Å². The van der Waals surface area contributed by atoms with Crippen LogP contribution < -0.4 is 0 Å². The van der Waals surface area contributed by atoms with Gasteiger partial charge in [0.1, 0.15) is 16.3 Å². The SMILES string of the molecule is O=C(c1cc2ccsc2n1Cc1cccc(F)c1)N1CCCC1. The Morgan fingerprint density at radius 2 is 2.00 bits per heavy atom. The Hall–Kier alpha value is -2.14. The Morgan fingerprint density at radius 1 is 1.17 bits per heavy atom. The number of aromatic nitrogens is 1. The lowest BCUT2D eigenvalue weighted by molar-refractivity contribution is 0.0783. The molecule has 1 amide bonds. The van der Waals surface area contributed by atoms with Crippen LogP contribution in [0.4, 0.5) is 4.39 Å². The van der Waals surface area contributed by atoms with E-state index in [1.54, 1.807) is 17.4 Å². The summed E-state index contributed by atoms with van der Waals surface area (Å²) in [4.78, 5) is 15.8. The van der Waals surface area contributed by atoms with Gasteiger partial charge in [-0.2, -0.15) is 0 Å². The largest absolute Gasteiger partial charge is 0.337 e. The highest BCUT2D eigenvalue weighted by molar-refractivity contribution is 7.16. The molecule has 2 aromatic heterocycles. The van der Waals surface area contributed by atoms with Crippen molar-refractivity contribution in [1.82, 2.24) is 9.47 Å². The van der Waals surface area contributed by atoms with E-state index in [9.17, 15) is 9.18 Å². The van der Waals surface area contributed by atoms with Crippen molar-refractivity contribution in [2.75, 3.05) is 13.1 Å². The van der Waals surface area contributed by atoms with Gasteiger partial charge in [-0.1, -0.05) is 12.1 Å². The number of likely N-dealkylation sites (tertiary alicyclic amines) is 1. The maximum absolute atomic E-state index is 13.5. The Morgan fingerprint density at radius 3 is 2.78 bits per heavy atom. The molecule has 1 aliphatic heterocycles. The Balaban J connectivity index is 1.75. The molecule has 0 saturated carbocycles. The lowest BCUT2D eigenvalue weighted by Gasteiger charge is -2.17. The van der Waals surface area contributed by atoms with Crippen molar-refractivity contribution in [3.05, 3.63) is 58.9 Å². The third kappa shape index (κ3) is 2.65. The zero-order chi connectivity index (χ0) is 15.8. The average molecular weight is 328 g/mol. The Labute approximate surface area is 138 Å². The number of amides is 1. The first kappa shape index (κ1) is 14.5. The summed E-state index contributed by atoms with van der Waals surface area (Å²) in [6.07, 6.45) is 2.15. The summed E-state index contributed by atoms with van der Waals surface area (Å²) in [5.41, 5.74) is 1.57. The van der Waals surface area contributed by atoms with E-state index < -0.39 is 0 Å². The zero-order valence-electron chi connectivity index (χ0n) is 12.7. The fourth-order valence-electron chi connectivity index (χ4n) is 3.21. The molecule has 0 atom stereocenters. The zero-order valence-corrected chi connectivity index (χ0v) is 13.5. The van der Waals surface area contributed by atoms with Gasteiger partial charge in [-0.25, -0.2) is 4.39 Å². The fraction of sp³-hybridized carbons (Fsp3) is 0.278. The number of fused-ring (bicyclic) bond motifs is 1. The highest BCUT2D eigenvalue weighted by Crippen LogP contribution is 2.28. The normalized spacial score (nSPS) is 14.7. The minimum absolute atomic E-state index is 0.0855. The smallest absolute Gasteiger partial charge is 0.270 e. The number of hydrogen-bond donors (Lipinski definition) is 0. The molecule has 118 valence electrons. The second-order valence-corrected chi connectivity index (χ2v) is 6.82. The van der Waals surface area contributed by atoms with Crippen molar-refractivity contribution in [2.45, 2.75) is 19.4 Å². The minimum Gasteiger partial charge on any atom is -0.337 e. The van der Waals surface area contributed by atoms with Crippen LogP contribution in [0.3, 0.4) is 0 Å². The van der Waals surface area contributed by atoms with E-state index in [1.807, 2.05) is 33.0 Å². The van der Waals surface area contributed by atoms with Gasteiger partial charge >= 0.3 is 0 Å². The Kier molecular flexibility index (Phi) is 3.65. The molecule has 1 aromatic carbocycles. The highest BCUT2D eigenvalue weighted by Gasteiger charge is 2.24. The number of carbonyl (C=O) groups is 1. The first-order valence-corrected chi connectivity index (χ1v) is 8.71. The van der Waals surface area contributed by atoms with Crippen LogP contribution in [0.5, 0.6) is 0 Å². The molecule has 0 radical (unpaired) electrons. The van der Waals surface area contributed by atoms with Crippen molar-refractivity contribution < 1.29 is 9.18 Å². The van der Waals surface area contributed by atoms with E-state index in [2.05, 4.69) is 0 Å². The van der Waals surface area contributed by atoms with Crippen molar-refractivity contribution in [1.29, 1.82) is 0 Å². The van der Waals surface area contributed by atoms with Crippen LogP contribution in [0.2, 0.25) is 0 Å². The molecule has 1 fully saturated rings. The third-order valence-corrected chi connectivity index (χ3v) is 5.30. The lowest BCUT2D eigenvalue weighted by Crippen LogP contribution is -2.29. The van der Waals surface area contributed by atoms with E-state index in [4.69, 9.17) is 0 Å². The highest BCUT2D eigenvalue weighted by atomic mass is 32.1. The van der Waals surface area contributed by atoms with E-state index >= 15 is 0 Å². The molecule has 0 spiro atoms. The van der Waals surface area contributed by atoms with Crippen LogP contribution in [0.1, 0.15) is 28.9 Å². The molecule has 23 heavy (non-hydrogen) atoms. The topological polar surface area (TPSA) is 25.2 Å². The molecule has 1 aliphatic rings. The van der Waals surface area contributed by atoms with Crippen molar-refractivity contribution in [2.24, 2.45) is 0 Å². The third-order valence-electron chi connectivity index (χ3n) is 4.34. The second kappa shape index (κ2) is 5.81. The maximum atomic E-state index is 13.5. The van der Waals surface area contributed by atoms with E-state index in [1.165, 1.54) is 12.1 Å². The van der Waals surface area contributed by atoms with Crippen LogP contribution >= 0.6 is 11.3 Å². The first-order chi connectivity index (χ1) is 11.2. The summed E-state index contributed by atoms with van der Waals surface area (Å²) in [6, 6.07) is 10.6. The number of nitrogens with zero attached hydrogens (tertiary/aromatic N) is 2. The molecular weight excluding hydrogens is 311 g/mol. The first-order valence-electron chi connectivity index (χ1n) is 7.83. The van der Waals surface area contributed by atoms with Gasteiger partial charge in [0.2, 0.25) is 0 Å². The molecular formula is C18H17FN2OS. The van der Waals surface area contributed by atoms with E-state index in [0.29, 0.717) is 12.2 Å². The number of halogens is 1. The second-order valence-electron chi connectivity index (χ2n) is 5.93. The standard InChI is InChI=1S/C18H17FN2OS/c19-15-5-3-4-13(10-15)12-21-16(11-14-6-9-23-18(14)21)17(22)20-7-1-2-8-20/h3-6,9-11H,1-2,7-8,12H2. The number of rotatable bonds is 3. The number of hydrogen-bond acceptors (Lipinski definition) is 2. The molecule has 0 unspecified atom stereocenters. The number of thiophene rings is 1. The van der Waals surface area contributed by atoms with Crippen LogP contribution in [-0.4, -0.2) is 28.5 Å². The number of carbonyl (C=O) groups excluding carboxylic acids is 1. The molecule has 0 bridgehead atoms. The van der Waals surface area contributed by atoms with Gasteiger partial charge in [0.05, 0.1) is 0 Å². The van der Waals surface area contributed by atoms with Gasteiger partial charge in [-0.3, -0.25) is 4.79 Å². The molecule has 4 rings (SSSR count). The molecule has 3 aromatic rings. The van der Waals surface area contributed by atoms with Gasteiger partial charge < -0.3 is 9.47 Å². The summed E-state index contributed by atoms with van der Waals surface area (Å²) in [6.45, 7) is 2.17. The summed E-state index contributed by atoms with van der Waals surface area (Å²) in [7, 11) is 0. The van der Waals surface area contributed by atoms with Gasteiger partial charge in [0.15, 0.2) is 0 Å². The van der Waals surface area contributed by atoms with Crippen LogP contribution in [0, 0.1) is 5.82 Å². The molecule has 3 nitrogen and oxygen atoms in total. The Bertz CT molecular complexity index is 861. The number of benzene rings is 1. The van der Waals surface area contributed by atoms with Crippen LogP contribution in [-0.2, 0) is 6.54 Å². The summed E-state index contributed by atoms with van der Waals surface area (Å²) < 4.78 is 15.5. The molecule has 3 heterocycles. The van der Waals surface area contributed by atoms with Crippen molar-refractivity contribution in [3.8, 4) is 0 Å². The maximum Gasteiger partial charge on any atom is 0.270 e. The summed E-state index contributed by atoms with van der Waals surface area (Å²) in [5.74, 6) is -0.160. The van der Waals surface area contributed by atoms with Gasteiger partial charge in [0.25, 0.3) is 5.91 Å². The van der Waals surface area contributed by atoms with Crippen LogP contribution in [0.25, 0.3) is 10.2 Å². The fourth-order valence-corrected chi connectivity index (χ4v) is 4.11. The summed E-state index contributed by atoms with van der Waals surface area (Å²) in [5, 5.41) is 3.10. The molecule has 0 N–H and O–H groups in total. The summed E-state index contributed by atoms with van der Waals surface area (Å²) >= 11 is 1.62. The van der Waals surface area contributed by atoms with Crippen molar-refractivity contribution >= 4 is 27.5 Å². The predicted octanol–water partition coefficient (Wildman–Crippen LogP) is 4.13. The predicted molar refractivity (Wildman–Crippen MR) is 90.5 cm³/mol. The van der Waals surface area contributed by atoms with E-state index in [0.717, 1.165) is 41.7 Å². The van der Waals surface area contributed by atoms with Gasteiger partial charge in [-0.05, 0) is 48.1 Å². The molecule has 1 saturated heterocycles. The minimum atomic E-state index is -0.246. The van der Waals surface area contributed by atoms with E-state index in [-0.39, 0.29) is 11.7 Å². The quantitative estimate of drug-likeness (QED) is 0.710. The van der Waals surface area contributed by atoms with Gasteiger partial charge in [-0.15, -0.1) is 11.3 Å². The monoisotopic (exact) mass is 328 g/mol. The van der Waals surface area contributed by atoms with Crippen molar-refractivity contribution in [3.63, 3.8) is 0 Å². The average Bonchev–Trinajstić information content (AvgIpc) is 3.25. The molecule has 5 heteroatoms. The molecule has 0 aliphatic carbocycles.